The minimum Gasteiger partial charge on any atom is -0.332 e. The van der Waals surface area contributed by atoms with Gasteiger partial charge < -0.3 is 5.32 Å². The standard InChI is InChI=1S/C16H15ClN4O/c1-10-3-4-12(7-11(10)2)9-18-16(22)21-15-6-5-13(17)8-14(15)19-20-21/h3-8H,9H2,1-2H3,(H,18,22). The third-order valence-corrected chi connectivity index (χ3v) is 3.85. The van der Waals surface area contributed by atoms with E-state index >= 15 is 0 Å². The highest BCUT2D eigenvalue weighted by Gasteiger charge is 2.11. The number of hydrogen-bond acceptors (Lipinski definition) is 3. The number of hydrogen-bond donors (Lipinski definition) is 1. The number of carbonyl (C=O) groups excluding carboxylic acids is 1. The molecule has 0 atom stereocenters. The third kappa shape index (κ3) is 2.80. The van der Waals surface area contributed by atoms with Gasteiger partial charge in [-0.25, -0.2) is 4.79 Å². The second kappa shape index (κ2) is 5.77. The Morgan fingerprint density at radius 3 is 2.77 bits per heavy atom. The Balaban J connectivity index is 1.77. The lowest BCUT2D eigenvalue weighted by Crippen LogP contribution is -2.28. The SMILES string of the molecule is Cc1ccc(CNC(=O)n2nnc3cc(Cl)ccc32)cc1C. The topological polar surface area (TPSA) is 59.8 Å². The number of benzene rings is 2. The predicted octanol–water partition coefficient (Wildman–Crippen LogP) is 3.46. The third-order valence-electron chi connectivity index (χ3n) is 3.61. The normalized spacial score (nSPS) is 10.9. The fraction of sp³-hybridized carbons (Fsp3) is 0.188. The van der Waals surface area contributed by atoms with Crippen molar-refractivity contribution in [2.45, 2.75) is 20.4 Å². The molecule has 3 aromatic rings. The molecule has 0 saturated heterocycles. The number of amides is 1. The molecule has 22 heavy (non-hydrogen) atoms. The summed E-state index contributed by atoms with van der Waals surface area (Å²) in [4.78, 5) is 12.2. The number of carbonyl (C=O) groups is 1. The second-order valence-electron chi connectivity index (χ2n) is 5.21. The van der Waals surface area contributed by atoms with Crippen molar-refractivity contribution in [3.63, 3.8) is 0 Å². The summed E-state index contributed by atoms with van der Waals surface area (Å²) in [6, 6.07) is 10.9. The molecule has 1 amide bonds. The fourth-order valence-electron chi connectivity index (χ4n) is 2.21. The van der Waals surface area contributed by atoms with Crippen LogP contribution in [0, 0.1) is 13.8 Å². The van der Waals surface area contributed by atoms with Crippen LogP contribution in [0.25, 0.3) is 11.0 Å². The van der Waals surface area contributed by atoms with Gasteiger partial charge in [0, 0.05) is 11.6 Å². The molecule has 6 heteroatoms. The van der Waals surface area contributed by atoms with Crippen molar-refractivity contribution in [1.29, 1.82) is 0 Å². The Morgan fingerprint density at radius 2 is 2.00 bits per heavy atom. The van der Waals surface area contributed by atoms with Crippen LogP contribution in [-0.2, 0) is 6.54 Å². The molecule has 112 valence electrons. The first-order chi connectivity index (χ1) is 10.5. The van der Waals surface area contributed by atoms with E-state index in [1.54, 1.807) is 18.2 Å². The van der Waals surface area contributed by atoms with Crippen LogP contribution in [0.3, 0.4) is 0 Å². The summed E-state index contributed by atoms with van der Waals surface area (Å²) in [6.07, 6.45) is 0. The zero-order chi connectivity index (χ0) is 15.7. The van der Waals surface area contributed by atoms with E-state index in [2.05, 4.69) is 35.5 Å². The Bertz CT molecular complexity index is 856. The number of halogens is 1. The van der Waals surface area contributed by atoms with Crippen LogP contribution in [-0.4, -0.2) is 21.0 Å². The van der Waals surface area contributed by atoms with Crippen molar-refractivity contribution >= 4 is 28.7 Å². The lowest BCUT2D eigenvalue weighted by Gasteiger charge is -2.07. The second-order valence-corrected chi connectivity index (χ2v) is 5.65. The molecule has 2 aromatic carbocycles. The summed E-state index contributed by atoms with van der Waals surface area (Å²) in [5, 5.41) is 11.2. The van der Waals surface area contributed by atoms with E-state index in [1.807, 2.05) is 12.1 Å². The van der Waals surface area contributed by atoms with Crippen molar-refractivity contribution in [1.82, 2.24) is 20.3 Å². The van der Waals surface area contributed by atoms with E-state index in [-0.39, 0.29) is 6.03 Å². The van der Waals surface area contributed by atoms with Crippen LogP contribution < -0.4 is 5.32 Å². The summed E-state index contributed by atoms with van der Waals surface area (Å²) in [7, 11) is 0. The van der Waals surface area contributed by atoms with E-state index in [0.29, 0.717) is 22.6 Å². The maximum atomic E-state index is 12.2. The molecule has 0 aliphatic carbocycles. The van der Waals surface area contributed by atoms with E-state index in [0.717, 1.165) is 5.56 Å². The Labute approximate surface area is 132 Å². The molecule has 1 heterocycles. The van der Waals surface area contributed by atoms with Gasteiger partial charge in [-0.15, -0.1) is 5.10 Å². The van der Waals surface area contributed by atoms with Gasteiger partial charge in [0.1, 0.15) is 5.52 Å². The average molecular weight is 315 g/mol. The molecular weight excluding hydrogens is 300 g/mol. The number of nitrogens with one attached hydrogen (secondary N) is 1. The van der Waals surface area contributed by atoms with Crippen molar-refractivity contribution in [3.8, 4) is 0 Å². The van der Waals surface area contributed by atoms with Crippen LogP contribution in [0.5, 0.6) is 0 Å². The lowest BCUT2D eigenvalue weighted by atomic mass is 10.1. The molecule has 3 rings (SSSR count). The molecule has 1 N–H and O–H groups in total. The minimum absolute atomic E-state index is 0.317. The van der Waals surface area contributed by atoms with Gasteiger partial charge in [-0.1, -0.05) is 35.0 Å². The number of rotatable bonds is 2. The summed E-state index contributed by atoms with van der Waals surface area (Å²) >= 11 is 5.90. The van der Waals surface area contributed by atoms with Gasteiger partial charge in [0.2, 0.25) is 0 Å². The minimum atomic E-state index is -0.317. The van der Waals surface area contributed by atoms with E-state index in [4.69, 9.17) is 11.6 Å². The molecule has 0 unspecified atom stereocenters. The van der Waals surface area contributed by atoms with Crippen molar-refractivity contribution in [2.75, 3.05) is 0 Å². The van der Waals surface area contributed by atoms with Gasteiger partial charge in [0.25, 0.3) is 0 Å². The van der Waals surface area contributed by atoms with Crippen molar-refractivity contribution in [2.24, 2.45) is 0 Å². The zero-order valence-electron chi connectivity index (χ0n) is 12.3. The van der Waals surface area contributed by atoms with Crippen molar-refractivity contribution < 1.29 is 4.79 Å². The number of fused-ring (bicyclic) bond motifs is 1. The van der Waals surface area contributed by atoms with Crippen LogP contribution in [0.2, 0.25) is 5.02 Å². The smallest absolute Gasteiger partial charge is 0.332 e. The first kappa shape index (κ1) is 14.5. The lowest BCUT2D eigenvalue weighted by molar-refractivity contribution is 0.239. The summed E-state index contributed by atoms with van der Waals surface area (Å²) < 4.78 is 1.24. The van der Waals surface area contributed by atoms with Crippen molar-refractivity contribution in [3.05, 3.63) is 58.1 Å². The summed E-state index contributed by atoms with van der Waals surface area (Å²) in [5.41, 5.74) is 4.70. The molecule has 0 saturated carbocycles. The van der Waals surface area contributed by atoms with Gasteiger partial charge >= 0.3 is 6.03 Å². The van der Waals surface area contributed by atoms with Crippen LogP contribution in [0.15, 0.2) is 36.4 Å². The summed E-state index contributed by atoms with van der Waals surface area (Å²) in [6.45, 7) is 4.55. The predicted molar refractivity (Wildman–Crippen MR) is 86.1 cm³/mol. The van der Waals surface area contributed by atoms with Gasteiger partial charge in [-0.3, -0.25) is 0 Å². The largest absolute Gasteiger partial charge is 0.344 e. The maximum Gasteiger partial charge on any atom is 0.344 e. The van der Waals surface area contributed by atoms with E-state index in [9.17, 15) is 4.79 Å². The Kier molecular flexibility index (Phi) is 3.81. The highest BCUT2D eigenvalue weighted by molar-refractivity contribution is 6.31. The monoisotopic (exact) mass is 314 g/mol. The average Bonchev–Trinajstić information content (AvgIpc) is 2.91. The number of aromatic nitrogens is 3. The number of aryl methyl sites for hydroxylation is 2. The quantitative estimate of drug-likeness (QED) is 0.788. The first-order valence-corrected chi connectivity index (χ1v) is 7.28. The van der Waals surface area contributed by atoms with E-state index in [1.165, 1.54) is 15.8 Å². The molecule has 0 radical (unpaired) electrons. The Morgan fingerprint density at radius 1 is 1.18 bits per heavy atom. The highest BCUT2D eigenvalue weighted by Crippen LogP contribution is 2.16. The molecule has 0 fully saturated rings. The van der Waals surface area contributed by atoms with Crippen LogP contribution >= 0.6 is 11.6 Å². The molecular formula is C16H15ClN4O. The Hall–Kier alpha value is -2.40. The molecule has 0 spiro atoms. The highest BCUT2D eigenvalue weighted by atomic mass is 35.5. The molecule has 0 bridgehead atoms. The van der Waals surface area contributed by atoms with Gasteiger partial charge in [-0.2, -0.15) is 4.68 Å². The van der Waals surface area contributed by atoms with Gasteiger partial charge in [0.05, 0.1) is 5.52 Å². The zero-order valence-corrected chi connectivity index (χ0v) is 13.1. The number of nitrogens with zero attached hydrogens (tertiary/aromatic N) is 3. The van der Waals surface area contributed by atoms with E-state index < -0.39 is 0 Å². The molecule has 0 aliphatic rings. The maximum absolute atomic E-state index is 12.2. The molecule has 5 nitrogen and oxygen atoms in total. The first-order valence-electron chi connectivity index (χ1n) is 6.90. The summed E-state index contributed by atoms with van der Waals surface area (Å²) in [5.74, 6) is 0. The van der Waals surface area contributed by atoms with Crippen LogP contribution in [0.4, 0.5) is 4.79 Å². The van der Waals surface area contributed by atoms with Gasteiger partial charge in [-0.05, 0) is 48.7 Å². The van der Waals surface area contributed by atoms with Gasteiger partial charge in [0.15, 0.2) is 0 Å². The molecule has 0 aliphatic heterocycles. The molecule has 1 aromatic heterocycles. The van der Waals surface area contributed by atoms with Crippen LogP contribution in [0.1, 0.15) is 16.7 Å². The fourth-order valence-corrected chi connectivity index (χ4v) is 2.38.